The second-order valence-electron chi connectivity index (χ2n) is 25.9. The van der Waals surface area contributed by atoms with Gasteiger partial charge in [0.05, 0.1) is 75.1 Å². The highest BCUT2D eigenvalue weighted by Crippen LogP contribution is 2.61. The number of aliphatic hydroxyl groups excluding tert-OH is 5. The van der Waals surface area contributed by atoms with Gasteiger partial charge in [0.25, 0.3) is 0 Å². The number of aliphatic hydroxyl groups is 5. The number of hydrogen-bond acceptors (Lipinski definition) is 21. The van der Waals surface area contributed by atoms with Gasteiger partial charge in [0, 0.05) is 67.8 Å². The van der Waals surface area contributed by atoms with Crippen molar-refractivity contribution < 1.29 is 96.9 Å². The van der Waals surface area contributed by atoms with Gasteiger partial charge >= 0.3 is 12.1 Å². The number of alkyl carbamates (subject to hydrolysis) is 1. The van der Waals surface area contributed by atoms with Crippen molar-refractivity contribution in [2.24, 2.45) is 46.8 Å². The zero-order valence-corrected chi connectivity index (χ0v) is 50.6. The smallest absolute Gasteiger partial charge is 0.407 e. The number of Topliss-reactive ketones (excluding diaryl/α,β-unsaturated/α-hetero) is 1. The molecule has 84 heavy (non-hydrogen) atoms. The van der Waals surface area contributed by atoms with E-state index < -0.39 is 185 Å². The molecule has 1 saturated carbocycles. The van der Waals surface area contributed by atoms with E-state index in [2.05, 4.69) is 25.2 Å². The zero-order chi connectivity index (χ0) is 61.2. The lowest BCUT2D eigenvalue weighted by Crippen LogP contribution is -2.65. The van der Waals surface area contributed by atoms with Crippen molar-refractivity contribution in [3.63, 3.8) is 0 Å². The van der Waals surface area contributed by atoms with Crippen LogP contribution < -0.4 is 5.32 Å². The maximum atomic E-state index is 15.6. The first-order valence-electron chi connectivity index (χ1n) is 30.0. The summed E-state index contributed by atoms with van der Waals surface area (Å²) in [7, 11) is 2.67. The number of allylic oxidation sites excluding steroid dienone is 3. The third-order valence-electron chi connectivity index (χ3n) is 20.3. The van der Waals surface area contributed by atoms with E-state index in [1.165, 1.54) is 21.1 Å². The van der Waals surface area contributed by atoms with Gasteiger partial charge in [-0.05, 0) is 89.2 Å². The lowest BCUT2D eigenvalue weighted by molar-refractivity contribution is -0.584. The van der Waals surface area contributed by atoms with E-state index in [0.29, 0.717) is 17.6 Å². The fourth-order valence-electron chi connectivity index (χ4n) is 15.8. The zero-order valence-electron chi connectivity index (χ0n) is 50.6. The molecule has 0 aromatic carbocycles. The Morgan fingerprint density at radius 1 is 0.762 bits per heavy atom. The van der Waals surface area contributed by atoms with Crippen molar-refractivity contribution in [3.8, 4) is 0 Å². The Labute approximate surface area is 491 Å². The number of ketones is 1. The number of nitro groups is 1. The Balaban J connectivity index is 1.01. The lowest BCUT2D eigenvalue weighted by Gasteiger charge is -2.56. The maximum absolute atomic E-state index is 15.6. The number of carbonyl (C=O) groups excluding carboxylic acids is 3. The molecule has 2 bridgehead atoms. The number of rotatable bonds is 12. The van der Waals surface area contributed by atoms with Gasteiger partial charge in [-0.2, -0.15) is 0 Å². The molecular weight excluding hydrogens is 1100 g/mol. The Morgan fingerprint density at radius 2 is 1.38 bits per heavy atom. The van der Waals surface area contributed by atoms with Crippen molar-refractivity contribution in [3.05, 3.63) is 68.5 Å². The van der Waals surface area contributed by atoms with Crippen LogP contribution in [0.2, 0.25) is 0 Å². The molecule has 4 aliphatic carbocycles. The van der Waals surface area contributed by atoms with Crippen molar-refractivity contribution in [2.75, 3.05) is 20.8 Å². The second kappa shape index (κ2) is 25.1. The number of ether oxygens (including phenoxy) is 11. The van der Waals surface area contributed by atoms with Gasteiger partial charge < -0.3 is 83.0 Å². The van der Waals surface area contributed by atoms with E-state index in [0.717, 1.165) is 5.57 Å². The van der Waals surface area contributed by atoms with Crippen LogP contribution in [0, 0.1) is 57.0 Å². The normalized spacial score (nSPS) is 48.5. The number of carbonyl (C=O) groups is 3. The monoisotopic (exact) mass is 1190 g/mol. The first-order chi connectivity index (χ1) is 39.6. The summed E-state index contributed by atoms with van der Waals surface area (Å²) in [5.74, 6) is -5.10. The van der Waals surface area contributed by atoms with Gasteiger partial charge in [0.2, 0.25) is 11.3 Å². The quantitative estimate of drug-likeness (QED) is 0.0457. The minimum absolute atomic E-state index is 0.00457. The van der Waals surface area contributed by atoms with Crippen molar-refractivity contribution in [2.45, 2.75) is 237 Å². The topological polar surface area (TPSA) is 309 Å². The van der Waals surface area contributed by atoms with Gasteiger partial charge in [-0.1, -0.05) is 63.6 Å². The summed E-state index contributed by atoms with van der Waals surface area (Å²) in [6.45, 7) is 19.6. The minimum Gasteiger partial charge on any atom is -0.511 e. The fourth-order valence-corrected chi connectivity index (χ4v) is 15.8. The molecule has 5 saturated heterocycles. The van der Waals surface area contributed by atoms with Crippen LogP contribution in [-0.4, -0.2) is 185 Å². The van der Waals surface area contributed by atoms with Crippen molar-refractivity contribution in [1.29, 1.82) is 0 Å². The summed E-state index contributed by atoms with van der Waals surface area (Å²) < 4.78 is 68.0. The van der Waals surface area contributed by atoms with Gasteiger partial charge in [0.1, 0.15) is 35.7 Å². The molecule has 0 aromatic heterocycles. The second-order valence-corrected chi connectivity index (χ2v) is 25.9. The minimum atomic E-state index is -1.82. The highest BCUT2D eigenvalue weighted by atomic mass is 16.7. The van der Waals surface area contributed by atoms with Gasteiger partial charge in [-0.25, -0.2) is 9.59 Å². The van der Waals surface area contributed by atoms with Crippen LogP contribution in [0.5, 0.6) is 0 Å². The lowest BCUT2D eigenvalue weighted by atomic mass is 9.49. The van der Waals surface area contributed by atoms with Crippen LogP contribution in [0.3, 0.4) is 0 Å². The van der Waals surface area contributed by atoms with Crippen LogP contribution >= 0.6 is 0 Å². The molecule has 6 fully saturated rings. The summed E-state index contributed by atoms with van der Waals surface area (Å²) in [6, 6.07) is -1.08. The largest absolute Gasteiger partial charge is 0.511 e. The van der Waals surface area contributed by atoms with Crippen molar-refractivity contribution in [1.82, 2.24) is 5.32 Å². The number of amides is 1. The predicted molar refractivity (Wildman–Crippen MR) is 298 cm³/mol. The number of nitrogens with zero attached hydrogens (tertiary/aromatic N) is 1. The maximum Gasteiger partial charge on any atom is 0.407 e. The van der Waals surface area contributed by atoms with Crippen LogP contribution in [0.4, 0.5) is 4.79 Å². The third-order valence-corrected chi connectivity index (χ3v) is 20.3. The first kappa shape index (κ1) is 64.3. The standard InChI is InChI=1S/C61H90N2O21/c1-27-14-17-42(80-47-25-59(10,63(72)73)54(35(9)79-47)62-58(71)75-13)28(2)19-37-20-36(26-64)31(5)24-61(37)56(69)48(57(70)84-61)55(68)60(11)39(27)16-15-38-49(60)29(3)18-30(4)51(38)82-46-23-43(50(67)32(6)76-46)81-44-22-41(66)53(34(8)78-44)83-45-21-40(65)52(74-12)33(7)77-45/h14-16,19-20,29-35,37-47,49-54,64-68H,17-18,21-26H2,1-13H3,(H,62,71)/b27-14-,28-19-,55-48?/t29-,30-,31+,32-,33-,34-,35+,37+,38-,39-,40+,41+,42-,43+,44-,45+,46-,47-,49+,50-,51-,52-,53-,54-,59-,60+,61-/m0/s1. The summed E-state index contributed by atoms with van der Waals surface area (Å²) in [6.07, 6.45) is -3.57. The molecular formula is C61H90N2O21. The molecule has 27 atom stereocenters. The highest BCUT2D eigenvalue weighted by Gasteiger charge is 2.64. The molecule has 0 unspecified atom stereocenters. The van der Waals surface area contributed by atoms with Crippen LogP contribution in [0.25, 0.3) is 0 Å². The third kappa shape index (κ3) is 11.8. The summed E-state index contributed by atoms with van der Waals surface area (Å²) in [5, 5.41) is 72.9. The Bertz CT molecular complexity index is 2600. The number of methoxy groups -OCH3 is 2. The molecule has 23 heteroatoms. The fraction of sp³-hybridized carbons (Fsp3) is 0.787. The average molecular weight is 1190 g/mol. The summed E-state index contributed by atoms with van der Waals surface area (Å²) in [4.78, 5) is 55.1. The van der Waals surface area contributed by atoms with Crippen LogP contribution in [-0.2, 0) is 61.7 Å². The predicted octanol–water partition coefficient (Wildman–Crippen LogP) is 5.57. The molecule has 1 amide bonds. The molecule has 5 heterocycles. The molecule has 23 nitrogen and oxygen atoms in total. The highest BCUT2D eigenvalue weighted by molar-refractivity contribution is 6.26. The van der Waals surface area contributed by atoms with Crippen molar-refractivity contribution >= 4 is 17.8 Å². The molecule has 6 N–H and O–H groups in total. The number of hydrogen-bond donors (Lipinski definition) is 6. The Hall–Kier alpha value is -4.21. The van der Waals surface area contributed by atoms with Gasteiger partial charge in [0.15, 0.2) is 30.8 Å². The number of nitrogens with one attached hydrogen (secondary N) is 1. The number of fused-ring (bicyclic) bond motifs is 4. The van der Waals surface area contributed by atoms with Gasteiger partial charge in [-0.3, -0.25) is 14.9 Å². The van der Waals surface area contributed by atoms with Crippen LogP contribution in [0.1, 0.15) is 121 Å². The molecule has 1 spiro atoms. The van der Waals surface area contributed by atoms with E-state index in [1.54, 1.807) is 46.8 Å². The summed E-state index contributed by atoms with van der Waals surface area (Å²) in [5.41, 5.74) is -3.37. The Kier molecular flexibility index (Phi) is 19.2. The average Bonchev–Trinajstić information content (AvgIpc) is 2.80. The molecule has 5 aliphatic heterocycles. The van der Waals surface area contributed by atoms with E-state index >= 15 is 4.79 Å². The summed E-state index contributed by atoms with van der Waals surface area (Å²) >= 11 is 0. The van der Waals surface area contributed by atoms with E-state index in [4.69, 9.17) is 52.1 Å². The number of esters is 1. The first-order valence-corrected chi connectivity index (χ1v) is 30.0. The van der Waals surface area contributed by atoms with E-state index in [1.807, 2.05) is 32.9 Å². The molecule has 9 aliphatic rings. The molecule has 0 radical (unpaired) electrons. The van der Waals surface area contributed by atoms with Gasteiger partial charge in [-0.15, -0.1) is 0 Å². The molecule has 9 rings (SSSR count). The SMILES string of the molecule is COC(=O)N[C@H]1[C@@H](C)O[C@@H](O[C@H]2C/C=C(/C)[C@@H]3C=C[C@@H]4[C@@H](O[C@H]5C[C@@H](O[C@H]6C[C@@H](O)[C@@H](O[C@@H]7C[C@@H](O)[C@@H](OC)[C@H](C)O7)[C@H](C)O6)[C@@H](O)[C@H](C)O5)[C@@H](C)C[C@H](C)[C@H]4[C@]3(C)C(O)=C3C(=O)O[C@]4(C[C@@H](C)C(CO)=C[C@H]4/C=C\2C)C3=O)C[C@]1(C)[N+](=O)[O-]. The van der Waals surface area contributed by atoms with E-state index in [-0.39, 0.29) is 57.0 Å². The molecule has 0 aromatic rings. The Morgan fingerprint density at radius 3 is 2.01 bits per heavy atom. The van der Waals surface area contributed by atoms with Crippen LogP contribution in [0.15, 0.2) is 58.4 Å². The molecule has 470 valence electrons. The van der Waals surface area contributed by atoms with E-state index in [9.17, 15) is 45.2 Å².